The Bertz CT molecular complexity index is 1150. The lowest BCUT2D eigenvalue weighted by Crippen LogP contribution is -2.42. The van der Waals surface area contributed by atoms with Crippen molar-refractivity contribution in [2.45, 2.75) is 22.2 Å². The number of hydrogen-bond donors (Lipinski definition) is 0. The monoisotopic (exact) mass is 503 g/mol. The fourth-order valence-electron chi connectivity index (χ4n) is 4.07. The fraction of sp³-hybridized carbons (Fsp3) is 0.200. The van der Waals surface area contributed by atoms with Gasteiger partial charge in [-0.1, -0.05) is 102 Å². The maximum Gasteiger partial charge on any atom is 0.509 e. The van der Waals surface area contributed by atoms with Crippen molar-refractivity contribution in [2.24, 2.45) is 0 Å². The Kier molecular flexibility index (Phi) is 6.57. The molecule has 33 heavy (non-hydrogen) atoms. The first-order valence-electron chi connectivity index (χ1n) is 10.2. The molecule has 0 bridgehead atoms. The van der Waals surface area contributed by atoms with E-state index >= 15 is 0 Å². The summed E-state index contributed by atoms with van der Waals surface area (Å²) in [6.07, 6.45) is -2.04. The van der Waals surface area contributed by atoms with Crippen molar-refractivity contribution in [3.63, 3.8) is 0 Å². The van der Waals surface area contributed by atoms with Crippen LogP contribution in [0.3, 0.4) is 0 Å². The Morgan fingerprint density at radius 1 is 0.939 bits per heavy atom. The lowest BCUT2D eigenvalue weighted by molar-refractivity contribution is -0.126. The molecule has 0 fully saturated rings. The molecule has 1 heterocycles. The summed E-state index contributed by atoms with van der Waals surface area (Å²) in [6, 6.07) is 25.8. The van der Waals surface area contributed by atoms with E-state index < -0.39 is 28.1 Å². The van der Waals surface area contributed by atoms with E-state index in [0.29, 0.717) is 11.3 Å². The van der Waals surface area contributed by atoms with Gasteiger partial charge in [0.15, 0.2) is 0 Å². The van der Waals surface area contributed by atoms with Crippen LogP contribution < -0.4 is 4.90 Å². The summed E-state index contributed by atoms with van der Waals surface area (Å²) in [4.78, 5) is 28.3. The smallest absolute Gasteiger partial charge is 0.430 e. The van der Waals surface area contributed by atoms with Gasteiger partial charge in [0, 0.05) is 5.69 Å². The van der Waals surface area contributed by atoms with Crippen LogP contribution in [0.2, 0.25) is 0 Å². The molecule has 0 N–H and O–H groups in total. The lowest BCUT2D eigenvalue weighted by Gasteiger charge is -2.33. The molecule has 8 heteroatoms. The molecular formula is C25H20Cl3NO4. The minimum absolute atomic E-state index is 0.238. The average Bonchev–Trinajstić information content (AvgIpc) is 3.04. The zero-order valence-corrected chi connectivity index (χ0v) is 19.8. The SMILES string of the molecule is C[C@@]1([C@@H](OC(=O)OCC(Cl)(Cl)Cl)c2ccccc2)C(=O)N(c2ccccc2)c2ccccc21. The van der Waals surface area contributed by atoms with Gasteiger partial charge in [-0.05, 0) is 36.2 Å². The number of carbonyl (C=O) groups excluding carboxylic acids is 2. The van der Waals surface area contributed by atoms with Crippen molar-refractivity contribution in [2.75, 3.05) is 11.5 Å². The zero-order valence-electron chi connectivity index (χ0n) is 17.6. The van der Waals surface area contributed by atoms with E-state index in [1.807, 2.05) is 72.8 Å². The molecule has 0 aromatic heterocycles. The van der Waals surface area contributed by atoms with Crippen molar-refractivity contribution >= 4 is 58.2 Å². The number of ether oxygens (including phenoxy) is 2. The highest BCUT2D eigenvalue weighted by molar-refractivity contribution is 6.67. The van der Waals surface area contributed by atoms with Gasteiger partial charge in [-0.2, -0.15) is 0 Å². The number of benzene rings is 3. The first-order chi connectivity index (χ1) is 15.7. The van der Waals surface area contributed by atoms with Gasteiger partial charge in [0.25, 0.3) is 0 Å². The van der Waals surface area contributed by atoms with Crippen molar-refractivity contribution in [1.29, 1.82) is 0 Å². The van der Waals surface area contributed by atoms with E-state index in [-0.39, 0.29) is 5.91 Å². The average molecular weight is 505 g/mol. The van der Waals surface area contributed by atoms with Gasteiger partial charge in [-0.15, -0.1) is 0 Å². The molecule has 0 unspecified atom stereocenters. The maximum absolute atomic E-state index is 14.0. The summed E-state index contributed by atoms with van der Waals surface area (Å²) >= 11 is 17.1. The van der Waals surface area contributed by atoms with Crippen LogP contribution >= 0.6 is 34.8 Å². The minimum atomic E-state index is -1.79. The molecule has 0 aliphatic carbocycles. The quantitative estimate of drug-likeness (QED) is 0.280. The summed E-state index contributed by atoms with van der Waals surface area (Å²) in [5.74, 6) is -0.238. The number of hydrogen-bond acceptors (Lipinski definition) is 4. The molecule has 0 spiro atoms. The van der Waals surface area contributed by atoms with Gasteiger partial charge in [0.2, 0.25) is 9.70 Å². The number of alkyl halides is 3. The van der Waals surface area contributed by atoms with E-state index in [4.69, 9.17) is 44.3 Å². The second-order valence-electron chi connectivity index (χ2n) is 7.76. The van der Waals surface area contributed by atoms with Crippen LogP contribution in [0.25, 0.3) is 0 Å². The van der Waals surface area contributed by atoms with E-state index in [2.05, 4.69) is 0 Å². The third-order valence-electron chi connectivity index (χ3n) is 5.56. The highest BCUT2D eigenvalue weighted by atomic mass is 35.6. The Labute approximate surface area is 206 Å². The van der Waals surface area contributed by atoms with E-state index in [9.17, 15) is 9.59 Å². The number of halogens is 3. The van der Waals surface area contributed by atoms with Gasteiger partial charge in [0.1, 0.15) is 18.1 Å². The predicted molar refractivity (Wildman–Crippen MR) is 129 cm³/mol. The Morgan fingerprint density at radius 3 is 2.15 bits per heavy atom. The number of amides is 1. The molecule has 1 aliphatic rings. The highest BCUT2D eigenvalue weighted by Crippen LogP contribution is 2.52. The van der Waals surface area contributed by atoms with Gasteiger partial charge >= 0.3 is 6.16 Å². The minimum Gasteiger partial charge on any atom is -0.430 e. The summed E-state index contributed by atoms with van der Waals surface area (Å²) in [7, 11) is 0. The molecule has 0 saturated heterocycles. The van der Waals surface area contributed by atoms with Gasteiger partial charge < -0.3 is 9.47 Å². The molecule has 1 amide bonds. The fourth-order valence-corrected chi connectivity index (χ4v) is 4.23. The highest BCUT2D eigenvalue weighted by Gasteiger charge is 2.55. The molecular weight excluding hydrogens is 485 g/mol. The number of rotatable bonds is 5. The van der Waals surface area contributed by atoms with Crippen molar-refractivity contribution in [1.82, 2.24) is 0 Å². The third-order valence-corrected chi connectivity index (χ3v) is 5.89. The lowest BCUT2D eigenvalue weighted by atomic mass is 9.75. The van der Waals surface area contributed by atoms with Crippen LogP contribution in [0.5, 0.6) is 0 Å². The number of para-hydroxylation sites is 2. The van der Waals surface area contributed by atoms with Crippen LogP contribution in [0.15, 0.2) is 84.9 Å². The van der Waals surface area contributed by atoms with Crippen LogP contribution in [-0.2, 0) is 19.7 Å². The van der Waals surface area contributed by atoms with Crippen LogP contribution in [0, 0.1) is 0 Å². The van der Waals surface area contributed by atoms with E-state index in [1.165, 1.54) is 0 Å². The second kappa shape index (κ2) is 9.26. The van der Waals surface area contributed by atoms with Gasteiger partial charge in [-0.3, -0.25) is 9.69 Å². The third kappa shape index (κ3) is 4.67. The van der Waals surface area contributed by atoms with Gasteiger partial charge in [-0.25, -0.2) is 4.79 Å². The molecule has 3 aromatic rings. The number of nitrogens with zero attached hydrogens (tertiary/aromatic N) is 1. The first-order valence-corrected chi connectivity index (χ1v) is 11.3. The Hall–Kier alpha value is -2.73. The van der Waals surface area contributed by atoms with Crippen molar-refractivity contribution in [3.8, 4) is 0 Å². The Morgan fingerprint density at radius 2 is 1.52 bits per heavy atom. The first kappa shape index (κ1) is 23.4. The summed E-state index contributed by atoms with van der Waals surface area (Å²) < 4.78 is 8.97. The van der Waals surface area contributed by atoms with Crippen LogP contribution in [0.1, 0.15) is 24.2 Å². The summed E-state index contributed by atoms with van der Waals surface area (Å²) in [6.45, 7) is 1.27. The van der Waals surface area contributed by atoms with Crippen LogP contribution in [-0.4, -0.2) is 22.5 Å². The Balaban J connectivity index is 1.79. The topological polar surface area (TPSA) is 55.8 Å². The normalized spacial score (nSPS) is 18.5. The molecule has 2 atom stereocenters. The largest absolute Gasteiger partial charge is 0.509 e. The number of fused-ring (bicyclic) bond motifs is 1. The van der Waals surface area contributed by atoms with E-state index in [1.54, 1.807) is 24.0 Å². The standard InChI is InChI=1S/C25H20Cl3NO4/c1-24(21(17-10-4-2-5-11-17)33-23(31)32-16-25(26,27)28)19-14-8-9-15-20(19)29(22(24)30)18-12-6-3-7-13-18/h2-15,21H,16H2,1H3/t21-,24+/m0/s1. The van der Waals surface area contributed by atoms with Crippen molar-refractivity contribution in [3.05, 3.63) is 96.1 Å². The molecule has 1 aliphatic heterocycles. The molecule has 5 nitrogen and oxygen atoms in total. The summed E-state index contributed by atoms with van der Waals surface area (Å²) in [5, 5.41) is 0. The molecule has 0 radical (unpaired) electrons. The van der Waals surface area contributed by atoms with E-state index in [0.717, 1.165) is 11.3 Å². The number of anilines is 2. The zero-order chi connectivity index (χ0) is 23.6. The van der Waals surface area contributed by atoms with Crippen molar-refractivity contribution < 1.29 is 19.1 Å². The second-order valence-corrected chi connectivity index (χ2v) is 10.3. The molecule has 4 rings (SSSR count). The molecule has 170 valence electrons. The van der Waals surface area contributed by atoms with Crippen LogP contribution in [0.4, 0.5) is 16.2 Å². The molecule has 0 saturated carbocycles. The summed E-state index contributed by atoms with van der Waals surface area (Å²) in [5.41, 5.74) is 1.54. The van der Waals surface area contributed by atoms with Gasteiger partial charge in [0.05, 0.1) is 5.69 Å². The number of carbonyl (C=O) groups is 2. The molecule has 3 aromatic carbocycles. The maximum atomic E-state index is 14.0. The predicted octanol–water partition coefficient (Wildman–Crippen LogP) is 6.89.